The molecule has 34 heavy (non-hydrogen) atoms. The van der Waals surface area contributed by atoms with Crippen molar-refractivity contribution in [3.8, 4) is 0 Å². The molecule has 13 heteroatoms. The van der Waals surface area contributed by atoms with Gasteiger partial charge in [0.25, 0.3) is 0 Å². The first-order valence-electron chi connectivity index (χ1n) is 10.6. The maximum atomic E-state index is 13.5. The molecule has 4 heterocycles. The highest BCUT2D eigenvalue weighted by atomic mass is 19.2. The second kappa shape index (κ2) is 7.64. The summed E-state index contributed by atoms with van der Waals surface area (Å²) in [4.78, 5) is 41.1. The fourth-order valence-corrected chi connectivity index (χ4v) is 4.93. The van der Waals surface area contributed by atoms with Crippen molar-refractivity contribution in [3.05, 3.63) is 41.5 Å². The summed E-state index contributed by atoms with van der Waals surface area (Å²) in [6.45, 7) is 3.10. The number of hydrogen-bond donors (Lipinski definition) is 2. The predicted octanol–water partition coefficient (Wildman–Crippen LogP) is 2.45. The van der Waals surface area contributed by atoms with Crippen molar-refractivity contribution < 1.29 is 32.7 Å². The number of likely N-dealkylation sites (tertiary alicyclic amines) is 1. The molecular formula is C21H21F3N6O4. The number of urea groups is 1. The number of rotatable bonds is 2. The van der Waals surface area contributed by atoms with Crippen LogP contribution in [0.15, 0.2) is 18.3 Å². The van der Waals surface area contributed by atoms with Gasteiger partial charge in [-0.25, -0.2) is 22.8 Å². The van der Waals surface area contributed by atoms with E-state index in [-0.39, 0.29) is 43.7 Å². The van der Waals surface area contributed by atoms with Crippen molar-refractivity contribution in [2.45, 2.75) is 32.5 Å². The van der Waals surface area contributed by atoms with Crippen LogP contribution in [-0.4, -0.2) is 68.4 Å². The van der Waals surface area contributed by atoms with E-state index in [1.807, 2.05) is 0 Å². The summed E-state index contributed by atoms with van der Waals surface area (Å²) in [7, 11) is 0. The molecule has 0 bridgehead atoms. The monoisotopic (exact) mass is 478 g/mol. The quantitative estimate of drug-likeness (QED) is 0.645. The summed E-state index contributed by atoms with van der Waals surface area (Å²) in [6, 6.07) is 0.424. The lowest BCUT2D eigenvalue weighted by molar-refractivity contribution is -0.118. The molecule has 180 valence electrons. The molecule has 1 atom stereocenters. The number of carbonyl (C=O) groups is 3. The Bertz CT molecular complexity index is 1190. The van der Waals surface area contributed by atoms with Gasteiger partial charge in [-0.1, -0.05) is 0 Å². The number of amides is 4. The van der Waals surface area contributed by atoms with E-state index in [0.29, 0.717) is 36.6 Å². The van der Waals surface area contributed by atoms with Gasteiger partial charge in [0.2, 0.25) is 5.91 Å². The molecule has 2 fully saturated rings. The minimum Gasteiger partial charge on any atom is -0.465 e. The summed E-state index contributed by atoms with van der Waals surface area (Å²) in [5.74, 6) is -4.60. The zero-order valence-corrected chi connectivity index (χ0v) is 18.1. The average molecular weight is 478 g/mol. The molecule has 1 spiro atoms. The maximum absolute atomic E-state index is 13.5. The van der Waals surface area contributed by atoms with Crippen molar-refractivity contribution in [3.63, 3.8) is 0 Å². The lowest BCUT2D eigenvalue weighted by atomic mass is 9.79. The fourth-order valence-electron chi connectivity index (χ4n) is 4.93. The Hall–Kier alpha value is -3.77. The van der Waals surface area contributed by atoms with Gasteiger partial charge in [-0.05, 0) is 6.92 Å². The molecule has 1 aromatic carbocycles. The fraction of sp³-hybridized carbons (Fsp3) is 0.429. The smallest absolute Gasteiger partial charge is 0.407 e. The number of fused-ring (bicyclic) bond motifs is 1. The van der Waals surface area contributed by atoms with E-state index in [1.165, 1.54) is 9.80 Å². The molecule has 10 nitrogen and oxygen atoms in total. The molecule has 2 aromatic rings. The Morgan fingerprint density at radius 1 is 1.18 bits per heavy atom. The first-order valence-corrected chi connectivity index (χ1v) is 10.6. The Balaban J connectivity index is 1.34. The second-order valence-corrected chi connectivity index (χ2v) is 9.11. The van der Waals surface area contributed by atoms with E-state index in [9.17, 15) is 27.6 Å². The minimum absolute atomic E-state index is 0.0759. The number of hydrogen-bond acceptors (Lipinski definition) is 4. The molecule has 0 aliphatic carbocycles. The number of halogens is 3. The largest absolute Gasteiger partial charge is 0.465 e. The van der Waals surface area contributed by atoms with E-state index in [0.717, 1.165) is 0 Å². The molecule has 1 aromatic heterocycles. The predicted molar refractivity (Wildman–Crippen MR) is 112 cm³/mol. The highest BCUT2D eigenvalue weighted by Crippen LogP contribution is 2.43. The number of anilines is 2. The topological polar surface area (TPSA) is 111 Å². The highest BCUT2D eigenvalue weighted by molar-refractivity contribution is 5.97. The molecule has 0 saturated carbocycles. The molecular weight excluding hydrogens is 457 g/mol. The second-order valence-electron chi connectivity index (χ2n) is 9.11. The molecule has 3 aliphatic heterocycles. The summed E-state index contributed by atoms with van der Waals surface area (Å²) < 4.78 is 42.0. The average Bonchev–Trinajstić information content (AvgIpc) is 3.30. The Kier molecular flexibility index (Phi) is 4.95. The summed E-state index contributed by atoms with van der Waals surface area (Å²) >= 11 is 0. The van der Waals surface area contributed by atoms with Gasteiger partial charge in [0.15, 0.2) is 17.5 Å². The summed E-state index contributed by atoms with van der Waals surface area (Å²) in [6.07, 6.45) is 0.763. The van der Waals surface area contributed by atoms with Gasteiger partial charge in [0.1, 0.15) is 0 Å². The third-order valence-electron chi connectivity index (χ3n) is 6.65. The standard InChI is InChI=1S/C21H21F3N6O4/c1-11-6-30-16(7-28(11)19(32)26-12-2-13(22)18(24)14(23)3-12)15(5-25-30)29-10-21(4-17(29)31)8-27(9-21)20(33)34/h2-3,5,11H,4,6-10H2,1H3,(H,26,32)(H,33,34)/t11-/m0/s1. The Morgan fingerprint density at radius 3 is 2.50 bits per heavy atom. The lowest BCUT2D eigenvalue weighted by Gasteiger charge is -2.45. The number of nitrogens with one attached hydrogen (secondary N) is 1. The molecule has 4 amide bonds. The molecule has 2 N–H and O–H groups in total. The zero-order chi connectivity index (χ0) is 24.4. The normalized spacial score (nSPS) is 21.0. The number of nitrogens with zero attached hydrogens (tertiary/aromatic N) is 5. The van der Waals surface area contributed by atoms with Crippen molar-refractivity contribution in [2.75, 3.05) is 29.9 Å². The number of benzene rings is 1. The summed E-state index contributed by atoms with van der Waals surface area (Å²) in [5.41, 5.74) is 0.501. The van der Waals surface area contributed by atoms with Gasteiger partial charge < -0.3 is 25.1 Å². The van der Waals surface area contributed by atoms with Gasteiger partial charge in [-0.3, -0.25) is 9.48 Å². The van der Waals surface area contributed by atoms with E-state index in [1.54, 1.807) is 22.7 Å². The van der Waals surface area contributed by atoms with E-state index in [2.05, 4.69) is 10.4 Å². The zero-order valence-electron chi connectivity index (χ0n) is 18.1. The molecule has 3 aliphatic rings. The minimum atomic E-state index is -1.62. The van der Waals surface area contributed by atoms with Crippen molar-refractivity contribution in [2.24, 2.45) is 5.41 Å². The van der Waals surface area contributed by atoms with Gasteiger partial charge in [0, 0.05) is 49.3 Å². The van der Waals surface area contributed by atoms with Crippen LogP contribution in [0, 0.1) is 22.9 Å². The number of carboxylic acid groups (broad SMARTS) is 1. The van der Waals surface area contributed by atoms with Crippen LogP contribution in [0.3, 0.4) is 0 Å². The maximum Gasteiger partial charge on any atom is 0.407 e. The van der Waals surface area contributed by atoms with Crippen LogP contribution >= 0.6 is 0 Å². The van der Waals surface area contributed by atoms with E-state index in [4.69, 9.17) is 5.11 Å². The van der Waals surface area contributed by atoms with Gasteiger partial charge in [-0.15, -0.1) is 0 Å². The highest BCUT2D eigenvalue weighted by Gasteiger charge is 2.53. The summed E-state index contributed by atoms with van der Waals surface area (Å²) in [5, 5.41) is 15.9. The van der Waals surface area contributed by atoms with Gasteiger partial charge in [0.05, 0.1) is 36.7 Å². The van der Waals surface area contributed by atoms with E-state index >= 15 is 0 Å². The molecule has 0 radical (unpaired) electrons. The van der Waals surface area contributed by atoms with Crippen LogP contribution in [0.1, 0.15) is 19.0 Å². The van der Waals surface area contributed by atoms with Crippen molar-refractivity contribution in [1.29, 1.82) is 0 Å². The third kappa shape index (κ3) is 3.51. The van der Waals surface area contributed by atoms with Crippen LogP contribution in [0.4, 0.5) is 34.1 Å². The number of carbonyl (C=O) groups excluding carboxylic acids is 2. The van der Waals surface area contributed by atoms with Crippen molar-refractivity contribution in [1.82, 2.24) is 19.6 Å². The van der Waals surface area contributed by atoms with Crippen molar-refractivity contribution >= 4 is 29.4 Å². The van der Waals surface area contributed by atoms with Crippen LogP contribution < -0.4 is 10.2 Å². The lowest BCUT2D eigenvalue weighted by Crippen LogP contribution is -2.59. The molecule has 0 unspecified atom stereocenters. The van der Waals surface area contributed by atoms with Crippen LogP contribution in [0.2, 0.25) is 0 Å². The Morgan fingerprint density at radius 2 is 1.85 bits per heavy atom. The van der Waals surface area contributed by atoms with Gasteiger partial charge >= 0.3 is 12.1 Å². The first kappa shape index (κ1) is 22.0. The first-order chi connectivity index (χ1) is 16.1. The van der Waals surface area contributed by atoms with E-state index < -0.39 is 35.0 Å². The molecule has 2 saturated heterocycles. The SMILES string of the molecule is C[C@H]1Cn2ncc(N3CC4(CC3=O)CN(C(=O)O)C4)c2CN1C(=O)Nc1cc(F)c(F)c(F)c1. The van der Waals surface area contributed by atoms with Crippen LogP contribution in [0.5, 0.6) is 0 Å². The third-order valence-corrected chi connectivity index (χ3v) is 6.65. The van der Waals surface area contributed by atoms with Gasteiger partial charge in [-0.2, -0.15) is 5.10 Å². The number of aromatic nitrogens is 2. The van der Waals surface area contributed by atoms with Crippen LogP contribution in [-0.2, 0) is 17.9 Å². The molecule has 5 rings (SSSR count). The van der Waals surface area contributed by atoms with Crippen LogP contribution in [0.25, 0.3) is 0 Å². The Labute approximate surface area is 191 Å².